The van der Waals surface area contributed by atoms with Crippen LogP contribution in [0.1, 0.15) is 56.4 Å². The first-order chi connectivity index (χ1) is 18.0. The van der Waals surface area contributed by atoms with Crippen LogP contribution in [0.2, 0.25) is 5.02 Å². The van der Waals surface area contributed by atoms with Crippen molar-refractivity contribution in [1.82, 2.24) is 0 Å². The predicted molar refractivity (Wildman–Crippen MR) is 144 cm³/mol. The topological polar surface area (TPSA) is 125 Å². The van der Waals surface area contributed by atoms with Gasteiger partial charge in [0, 0.05) is 39.6 Å². The van der Waals surface area contributed by atoms with Gasteiger partial charge in [-0.1, -0.05) is 29.8 Å². The van der Waals surface area contributed by atoms with Gasteiger partial charge in [0.15, 0.2) is 6.79 Å². The minimum absolute atomic E-state index is 0.227. The number of fused-ring (bicyclic) bond motifs is 1. The van der Waals surface area contributed by atoms with Crippen molar-refractivity contribution >= 4 is 42.6 Å². The molecular weight excluding hydrogens is 531 g/mol. The second-order valence-electron chi connectivity index (χ2n) is 8.99. The first kappa shape index (κ1) is 28.0. The Labute approximate surface area is 225 Å². The summed E-state index contributed by atoms with van der Waals surface area (Å²) >= 11 is 6.24. The molecule has 1 heterocycles. The first-order valence-electron chi connectivity index (χ1n) is 11.9. The number of hydrogen-bond acceptors (Lipinski definition) is 5. The number of phosphoric acid groups is 1. The van der Waals surface area contributed by atoms with Crippen molar-refractivity contribution < 1.29 is 33.2 Å². The lowest BCUT2D eigenvalue weighted by Crippen LogP contribution is -2.32. The van der Waals surface area contributed by atoms with Gasteiger partial charge in [0.05, 0.1) is 6.10 Å². The van der Waals surface area contributed by atoms with E-state index in [2.05, 4.69) is 9.84 Å². The Hall–Kier alpha value is -3.04. The molecule has 4 rings (SSSR count). The zero-order valence-electron chi connectivity index (χ0n) is 20.9. The van der Waals surface area contributed by atoms with E-state index in [9.17, 15) is 14.2 Å². The van der Waals surface area contributed by atoms with Crippen LogP contribution < -0.4 is 10.2 Å². The van der Waals surface area contributed by atoms with Gasteiger partial charge in [-0.15, -0.1) is 0 Å². The van der Waals surface area contributed by atoms with Crippen LogP contribution in [0.5, 0.6) is 0 Å². The highest BCUT2D eigenvalue weighted by atomic mass is 35.5. The van der Waals surface area contributed by atoms with E-state index in [-0.39, 0.29) is 11.8 Å². The monoisotopic (exact) mass is 558 g/mol. The van der Waals surface area contributed by atoms with Crippen molar-refractivity contribution in [3.05, 3.63) is 93.5 Å². The number of hydrogen-bond donors (Lipinski definition) is 3. The third-order valence-electron chi connectivity index (χ3n) is 6.31. The number of nitrogens with one attached hydrogen (secondary N) is 1. The number of benzene rings is 3. The Kier molecular flexibility index (Phi) is 8.67. The zero-order valence-corrected chi connectivity index (χ0v) is 22.5. The zero-order chi connectivity index (χ0) is 27.4. The molecule has 1 aliphatic heterocycles. The van der Waals surface area contributed by atoms with Gasteiger partial charge in [-0.25, -0.2) is 4.57 Å². The molecule has 0 aliphatic carbocycles. The first-order valence-corrected chi connectivity index (χ1v) is 13.8. The Balaban J connectivity index is 1.56. The van der Waals surface area contributed by atoms with E-state index in [1.54, 1.807) is 53.4 Å². The average Bonchev–Trinajstić information content (AvgIpc) is 3.02. The molecule has 3 aromatic rings. The molecule has 3 aromatic carbocycles. The summed E-state index contributed by atoms with van der Waals surface area (Å²) in [5, 5.41) is 3.33. The van der Waals surface area contributed by atoms with Gasteiger partial charge >= 0.3 is 7.82 Å². The van der Waals surface area contributed by atoms with Crippen LogP contribution in [0.3, 0.4) is 0 Å². The largest absolute Gasteiger partial charge is 0.471 e. The number of carbonyl (C=O) groups excluding carboxylic acids is 2. The molecule has 1 unspecified atom stereocenters. The molecule has 0 aromatic heterocycles. The summed E-state index contributed by atoms with van der Waals surface area (Å²) in [6.45, 7) is 3.47. The standard InChI is InChI=1S/C27H28ClN2O7P/c1-17-6-3-4-7-21(17)26(31)29-20-10-11-22(18(2)14-20)27(32)30-13-5-8-25(36-16-37-38(33,34)35)23-15-19(28)9-12-24(23)30/h3-4,6-7,9-12,14-15,25H,5,8,13,16H2,1-2H3,(H,29,31)(H2,33,34,35). The van der Waals surface area contributed by atoms with Gasteiger partial charge in [0.1, 0.15) is 0 Å². The molecule has 0 bridgehead atoms. The summed E-state index contributed by atoms with van der Waals surface area (Å²) in [6, 6.07) is 17.5. The Bertz CT molecular complexity index is 1410. The SMILES string of the molecule is Cc1ccccc1C(=O)Nc1ccc(C(=O)N2CCCC(OCOP(=O)(O)O)c3cc(Cl)ccc32)c(C)c1. The highest BCUT2D eigenvalue weighted by Crippen LogP contribution is 2.40. The van der Waals surface area contributed by atoms with Crippen molar-refractivity contribution in [3.63, 3.8) is 0 Å². The minimum Gasteiger partial charge on any atom is -0.347 e. The number of phosphoric ester groups is 1. The molecule has 3 N–H and O–H groups in total. The number of carbonyl (C=O) groups is 2. The number of ether oxygens (including phenoxy) is 1. The van der Waals surface area contributed by atoms with Crippen molar-refractivity contribution in [2.75, 3.05) is 23.6 Å². The lowest BCUT2D eigenvalue weighted by Gasteiger charge is -2.25. The van der Waals surface area contributed by atoms with Crippen LogP contribution in [0.15, 0.2) is 60.7 Å². The van der Waals surface area contributed by atoms with Gasteiger partial charge < -0.3 is 24.7 Å². The minimum atomic E-state index is -4.69. The van der Waals surface area contributed by atoms with Crippen molar-refractivity contribution in [3.8, 4) is 0 Å². The summed E-state index contributed by atoms with van der Waals surface area (Å²) in [6.07, 6.45) is 0.486. The Morgan fingerprint density at radius 2 is 1.82 bits per heavy atom. The summed E-state index contributed by atoms with van der Waals surface area (Å²) in [7, 11) is -4.69. The molecule has 0 saturated heterocycles. The molecule has 0 radical (unpaired) electrons. The number of amides is 2. The van der Waals surface area contributed by atoms with E-state index in [4.69, 9.17) is 26.1 Å². The maximum atomic E-state index is 13.7. The van der Waals surface area contributed by atoms with Crippen molar-refractivity contribution in [2.24, 2.45) is 0 Å². The summed E-state index contributed by atoms with van der Waals surface area (Å²) in [5.41, 5.74) is 4.40. The Morgan fingerprint density at radius 3 is 2.53 bits per heavy atom. The van der Waals surface area contributed by atoms with E-state index in [1.165, 1.54) is 0 Å². The van der Waals surface area contributed by atoms with Crippen molar-refractivity contribution in [2.45, 2.75) is 32.8 Å². The van der Waals surface area contributed by atoms with Gasteiger partial charge in [-0.2, -0.15) is 0 Å². The fourth-order valence-electron chi connectivity index (χ4n) is 4.46. The number of nitrogens with zero attached hydrogens (tertiary/aromatic N) is 1. The van der Waals surface area contributed by atoms with E-state index < -0.39 is 20.7 Å². The van der Waals surface area contributed by atoms with Crippen LogP contribution in [0.25, 0.3) is 0 Å². The van der Waals surface area contributed by atoms with E-state index in [0.29, 0.717) is 58.0 Å². The third kappa shape index (κ3) is 6.69. The van der Waals surface area contributed by atoms with Gasteiger partial charge in [0.25, 0.3) is 11.8 Å². The van der Waals surface area contributed by atoms with E-state index in [0.717, 1.165) is 5.56 Å². The predicted octanol–water partition coefficient (Wildman–Crippen LogP) is 5.77. The quantitative estimate of drug-likeness (QED) is 0.248. The van der Waals surface area contributed by atoms with E-state index >= 15 is 0 Å². The second-order valence-corrected chi connectivity index (χ2v) is 10.7. The summed E-state index contributed by atoms with van der Waals surface area (Å²) in [4.78, 5) is 46.0. The van der Waals surface area contributed by atoms with Crippen LogP contribution in [0.4, 0.5) is 11.4 Å². The highest BCUT2D eigenvalue weighted by Gasteiger charge is 2.29. The highest BCUT2D eigenvalue weighted by molar-refractivity contribution is 7.46. The van der Waals surface area contributed by atoms with Crippen LogP contribution in [-0.2, 0) is 13.8 Å². The Morgan fingerprint density at radius 1 is 1.05 bits per heavy atom. The third-order valence-corrected chi connectivity index (χ3v) is 6.99. The molecule has 38 heavy (non-hydrogen) atoms. The van der Waals surface area contributed by atoms with E-state index in [1.807, 2.05) is 26.0 Å². The smallest absolute Gasteiger partial charge is 0.347 e. The molecule has 1 aliphatic rings. The fraction of sp³-hybridized carbons (Fsp3) is 0.259. The molecule has 0 spiro atoms. The molecule has 1 atom stereocenters. The van der Waals surface area contributed by atoms with Crippen LogP contribution in [0, 0.1) is 13.8 Å². The normalized spacial score (nSPS) is 15.5. The number of rotatable bonds is 7. The second kappa shape index (κ2) is 11.8. The molecule has 200 valence electrons. The molecule has 0 saturated carbocycles. The molecule has 11 heteroatoms. The molecule has 9 nitrogen and oxygen atoms in total. The van der Waals surface area contributed by atoms with Crippen LogP contribution >= 0.6 is 19.4 Å². The molecule has 0 fully saturated rings. The summed E-state index contributed by atoms with van der Waals surface area (Å²) in [5.74, 6) is -0.455. The number of anilines is 2. The van der Waals surface area contributed by atoms with Crippen molar-refractivity contribution in [1.29, 1.82) is 0 Å². The summed E-state index contributed by atoms with van der Waals surface area (Å²) < 4.78 is 21.1. The van der Waals surface area contributed by atoms with Gasteiger partial charge in [0.2, 0.25) is 0 Å². The number of aryl methyl sites for hydroxylation is 2. The fourth-order valence-corrected chi connectivity index (χ4v) is 4.84. The van der Waals surface area contributed by atoms with Gasteiger partial charge in [-0.05, 0) is 80.3 Å². The van der Waals surface area contributed by atoms with Gasteiger partial charge in [-0.3, -0.25) is 14.1 Å². The lowest BCUT2D eigenvalue weighted by molar-refractivity contribution is -0.0512. The molecule has 2 amide bonds. The molecular formula is C27H28ClN2O7P. The van der Waals surface area contributed by atoms with Crippen LogP contribution in [-0.4, -0.2) is 34.9 Å². The maximum absolute atomic E-state index is 13.7. The lowest BCUT2D eigenvalue weighted by atomic mass is 10.0. The maximum Gasteiger partial charge on any atom is 0.471 e. The average molecular weight is 559 g/mol. The number of halogens is 1.